The maximum absolute atomic E-state index is 10.3. The van der Waals surface area contributed by atoms with Gasteiger partial charge in [-0.25, -0.2) is 4.79 Å². The second-order valence-electron chi connectivity index (χ2n) is 4.14. The van der Waals surface area contributed by atoms with Gasteiger partial charge in [-0.15, -0.1) is 0 Å². The number of hydrogen-bond donors (Lipinski definition) is 1. The van der Waals surface area contributed by atoms with Crippen LogP contribution in [0.25, 0.3) is 0 Å². The highest BCUT2D eigenvalue weighted by Crippen LogP contribution is 2.14. The number of carboxylic acid groups (broad SMARTS) is 1. The second kappa shape index (κ2) is 7.71. The zero-order valence-corrected chi connectivity index (χ0v) is 10.3. The minimum Gasteiger partial charge on any atom is -0.482 e. The molecule has 17 heavy (non-hydrogen) atoms. The van der Waals surface area contributed by atoms with Crippen molar-refractivity contribution in [3.63, 3.8) is 0 Å². The van der Waals surface area contributed by atoms with Crippen LogP contribution in [0.5, 0.6) is 5.75 Å². The molecule has 1 N–H and O–H groups in total. The van der Waals surface area contributed by atoms with E-state index < -0.39 is 5.97 Å². The van der Waals surface area contributed by atoms with Crippen LogP contribution in [0.15, 0.2) is 24.3 Å². The van der Waals surface area contributed by atoms with Crippen LogP contribution in [0.2, 0.25) is 0 Å². The molecule has 0 saturated heterocycles. The SMILES string of the molecule is CCCCCCc1ccc(OCC(=O)O)cc1. The summed E-state index contributed by atoms with van der Waals surface area (Å²) in [4.78, 5) is 10.3. The molecule has 0 bridgehead atoms. The number of hydrogen-bond acceptors (Lipinski definition) is 2. The minimum atomic E-state index is -0.950. The van der Waals surface area contributed by atoms with Crippen molar-refractivity contribution in [1.82, 2.24) is 0 Å². The Labute approximate surface area is 102 Å². The summed E-state index contributed by atoms with van der Waals surface area (Å²) in [5, 5.41) is 8.47. The Morgan fingerprint density at radius 3 is 2.47 bits per heavy atom. The lowest BCUT2D eigenvalue weighted by Crippen LogP contribution is -2.09. The highest BCUT2D eigenvalue weighted by Gasteiger charge is 1.99. The third-order valence-corrected chi connectivity index (χ3v) is 2.60. The van der Waals surface area contributed by atoms with Gasteiger partial charge in [-0.2, -0.15) is 0 Å². The van der Waals surface area contributed by atoms with E-state index in [0.29, 0.717) is 5.75 Å². The van der Waals surface area contributed by atoms with Crippen LogP contribution in [0, 0.1) is 0 Å². The van der Waals surface area contributed by atoms with Crippen molar-refractivity contribution in [3.8, 4) is 5.75 Å². The maximum atomic E-state index is 10.3. The third kappa shape index (κ3) is 5.95. The average molecular weight is 236 g/mol. The number of rotatable bonds is 8. The smallest absolute Gasteiger partial charge is 0.341 e. The molecule has 3 nitrogen and oxygen atoms in total. The molecule has 1 aromatic rings. The molecule has 1 aromatic carbocycles. The summed E-state index contributed by atoms with van der Waals surface area (Å²) in [6, 6.07) is 7.67. The van der Waals surface area contributed by atoms with E-state index in [2.05, 4.69) is 6.92 Å². The largest absolute Gasteiger partial charge is 0.482 e. The molecule has 0 unspecified atom stereocenters. The molecule has 0 spiro atoms. The number of carboxylic acids is 1. The van der Waals surface area contributed by atoms with E-state index in [9.17, 15) is 4.79 Å². The summed E-state index contributed by atoms with van der Waals surface area (Å²) >= 11 is 0. The first-order valence-corrected chi connectivity index (χ1v) is 6.16. The lowest BCUT2D eigenvalue weighted by atomic mass is 10.1. The Morgan fingerprint density at radius 1 is 1.18 bits per heavy atom. The first-order chi connectivity index (χ1) is 8.22. The zero-order chi connectivity index (χ0) is 12.5. The fourth-order valence-corrected chi connectivity index (χ4v) is 1.65. The fraction of sp³-hybridized carbons (Fsp3) is 0.500. The quantitative estimate of drug-likeness (QED) is 0.705. The van der Waals surface area contributed by atoms with Crippen molar-refractivity contribution < 1.29 is 14.6 Å². The average Bonchev–Trinajstić information content (AvgIpc) is 2.33. The van der Waals surface area contributed by atoms with Crippen molar-refractivity contribution in [3.05, 3.63) is 29.8 Å². The molecule has 0 radical (unpaired) electrons. The van der Waals surface area contributed by atoms with E-state index >= 15 is 0 Å². The molecule has 0 aliphatic carbocycles. The van der Waals surface area contributed by atoms with Crippen molar-refractivity contribution in [1.29, 1.82) is 0 Å². The molecular formula is C14H20O3. The van der Waals surface area contributed by atoms with E-state index in [-0.39, 0.29) is 6.61 Å². The predicted octanol–water partition coefficient (Wildman–Crippen LogP) is 3.27. The summed E-state index contributed by atoms with van der Waals surface area (Å²) in [6.07, 6.45) is 6.11. The Hall–Kier alpha value is -1.51. The van der Waals surface area contributed by atoms with Gasteiger partial charge >= 0.3 is 5.97 Å². The van der Waals surface area contributed by atoms with Crippen LogP contribution in [-0.2, 0) is 11.2 Å². The normalized spacial score (nSPS) is 10.2. The molecule has 0 saturated carbocycles. The molecule has 0 amide bonds. The van der Waals surface area contributed by atoms with E-state index in [1.165, 1.54) is 31.2 Å². The molecule has 0 aliphatic rings. The number of carbonyl (C=O) groups is 1. The Morgan fingerprint density at radius 2 is 1.88 bits per heavy atom. The molecule has 3 heteroatoms. The Kier molecular flexibility index (Phi) is 6.15. The van der Waals surface area contributed by atoms with E-state index in [0.717, 1.165) is 6.42 Å². The fourth-order valence-electron chi connectivity index (χ4n) is 1.65. The number of aryl methyl sites for hydroxylation is 1. The summed E-state index contributed by atoms with van der Waals surface area (Å²) in [5.41, 5.74) is 1.28. The Balaban J connectivity index is 2.31. The molecular weight excluding hydrogens is 216 g/mol. The van der Waals surface area contributed by atoms with E-state index in [4.69, 9.17) is 9.84 Å². The third-order valence-electron chi connectivity index (χ3n) is 2.60. The Bertz CT molecular complexity index is 330. The molecule has 0 atom stereocenters. The van der Waals surface area contributed by atoms with Gasteiger partial charge < -0.3 is 9.84 Å². The number of aliphatic carboxylic acids is 1. The summed E-state index contributed by atoms with van der Waals surface area (Å²) in [7, 11) is 0. The van der Waals surface area contributed by atoms with Crippen LogP contribution in [0.1, 0.15) is 38.2 Å². The highest BCUT2D eigenvalue weighted by atomic mass is 16.5. The molecule has 0 aliphatic heterocycles. The summed E-state index contributed by atoms with van der Waals surface area (Å²) in [5.74, 6) is -0.335. The van der Waals surface area contributed by atoms with Crippen LogP contribution in [-0.4, -0.2) is 17.7 Å². The van der Waals surface area contributed by atoms with Crippen molar-refractivity contribution >= 4 is 5.97 Å². The minimum absolute atomic E-state index is 0.282. The van der Waals surface area contributed by atoms with E-state index in [1.807, 2.05) is 24.3 Å². The summed E-state index contributed by atoms with van der Waals surface area (Å²) in [6.45, 7) is 1.92. The van der Waals surface area contributed by atoms with Gasteiger partial charge in [-0.1, -0.05) is 38.3 Å². The second-order valence-corrected chi connectivity index (χ2v) is 4.14. The van der Waals surface area contributed by atoms with Gasteiger partial charge in [-0.3, -0.25) is 0 Å². The predicted molar refractivity (Wildman–Crippen MR) is 67.4 cm³/mol. The number of benzene rings is 1. The van der Waals surface area contributed by atoms with Gasteiger partial charge in [0.2, 0.25) is 0 Å². The van der Waals surface area contributed by atoms with Crippen LogP contribution < -0.4 is 4.74 Å². The van der Waals surface area contributed by atoms with Gasteiger partial charge in [-0.05, 0) is 30.5 Å². The van der Waals surface area contributed by atoms with Crippen molar-refractivity contribution in [2.45, 2.75) is 39.0 Å². The van der Waals surface area contributed by atoms with Gasteiger partial charge in [0.15, 0.2) is 6.61 Å². The highest BCUT2D eigenvalue weighted by molar-refractivity contribution is 5.68. The molecule has 0 aromatic heterocycles. The van der Waals surface area contributed by atoms with Crippen LogP contribution >= 0.6 is 0 Å². The zero-order valence-electron chi connectivity index (χ0n) is 10.3. The van der Waals surface area contributed by atoms with Crippen LogP contribution in [0.3, 0.4) is 0 Å². The van der Waals surface area contributed by atoms with Crippen LogP contribution in [0.4, 0.5) is 0 Å². The van der Waals surface area contributed by atoms with Gasteiger partial charge in [0.1, 0.15) is 5.75 Å². The topological polar surface area (TPSA) is 46.5 Å². The monoisotopic (exact) mass is 236 g/mol. The van der Waals surface area contributed by atoms with Crippen molar-refractivity contribution in [2.75, 3.05) is 6.61 Å². The molecule has 0 fully saturated rings. The first kappa shape index (κ1) is 13.6. The molecule has 0 heterocycles. The van der Waals surface area contributed by atoms with Crippen molar-refractivity contribution in [2.24, 2.45) is 0 Å². The van der Waals surface area contributed by atoms with E-state index in [1.54, 1.807) is 0 Å². The maximum Gasteiger partial charge on any atom is 0.341 e. The van der Waals surface area contributed by atoms with Gasteiger partial charge in [0, 0.05) is 0 Å². The lowest BCUT2D eigenvalue weighted by molar-refractivity contribution is -0.139. The van der Waals surface area contributed by atoms with Gasteiger partial charge in [0.05, 0.1) is 0 Å². The molecule has 1 rings (SSSR count). The molecule has 94 valence electrons. The first-order valence-electron chi connectivity index (χ1n) is 6.16. The lowest BCUT2D eigenvalue weighted by Gasteiger charge is -2.05. The number of ether oxygens (including phenoxy) is 1. The number of unbranched alkanes of at least 4 members (excludes halogenated alkanes) is 3. The summed E-state index contributed by atoms with van der Waals surface area (Å²) < 4.78 is 5.07. The van der Waals surface area contributed by atoms with Gasteiger partial charge in [0.25, 0.3) is 0 Å². The standard InChI is InChI=1S/C14H20O3/c1-2-3-4-5-6-12-7-9-13(10-8-12)17-11-14(15)16/h7-10H,2-6,11H2,1H3,(H,15,16).